The summed E-state index contributed by atoms with van der Waals surface area (Å²) in [6.07, 6.45) is 1.75. The van der Waals surface area contributed by atoms with Crippen LogP contribution in [0.25, 0.3) is 11.1 Å². The van der Waals surface area contributed by atoms with Crippen molar-refractivity contribution in [2.75, 3.05) is 13.7 Å². The van der Waals surface area contributed by atoms with Gasteiger partial charge in [-0.15, -0.1) is 0 Å². The first-order chi connectivity index (χ1) is 10.2. The molecule has 0 spiro atoms. The van der Waals surface area contributed by atoms with Gasteiger partial charge < -0.3 is 20.3 Å². The lowest BCUT2D eigenvalue weighted by Crippen LogP contribution is -2.33. The fourth-order valence-corrected chi connectivity index (χ4v) is 3.67. The van der Waals surface area contributed by atoms with Gasteiger partial charge in [0.25, 0.3) is 0 Å². The number of phenolic OH excluding ortho intramolecular Hbond substituents is 2. The molecule has 0 saturated heterocycles. The van der Waals surface area contributed by atoms with Crippen LogP contribution < -0.4 is 10.1 Å². The molecule has 0 saturated carbocycles. The Morgan fingerprint density at radius 2 is 2.05 bits per heavy atom. The van der Waals surface area contributed by atoms with Gasteiger partial charge in [-0.2, -0.15) is 0 Å². The summed E-state index contributed by atoms with van der Waals surface area (Å²) in [5.74, 6) is 0.981. The van der Waals surface area contributed by atoms with Crippen LogP contribution in [0.3, 0.4) is 0 Å². The number of methoxy groups -OCH3 is 1. The second kappa shape index (κ2) is 4.40. The molecule has 2 aromatic carbocycles. The molecule has 0 aromatic heterocycles. The average molecular weight is 283 g/mol. The van der Waals surface area contributed by atoms with Gasteiger partial charge in [-0.05, 0) is 59.8 Å². The van der Waals surface area contributed by atoms with E-state index in [-0.39, 0.29) is 17.5 Å². The normalized spacial score (nSPS) is 18.8. The Bertz CT molecular complexity index is 739. The van der Waals surface area contributed by atoms with Gasteiger partial charge in [0.1, 0.15) is 5.75 Å². The first kappa shape index (κ1) is 12.5. The van der Waals surface area contributed by atoms with Crippen LogP contribution in [-0.4, -0.2) is 23.9 Å². The van der Waals surface area contributed by atoms with Crippen molar-refractivity contribution in [2.24, 2.45) is 0 Å². The van der Waals surface area contributed by atoms with Crippen molar-refractivity contribution >= 4 is 0 Å². The molecule has 1 aliphatic carbocycles. The highest BCUT2D eigenvalue weighted by Gasteiger charge is 2.33. The van der Waals surface area contributed by atoms with E-state index in [1.54, 1.807) is 19.2 Å². The fourth-order valence-electron chi connectivity index (χ4n) is 3.67. The minimum absolute atomic E-state index is 0.188. The van der Waals surface area contributed by atoms with Gasteiger partial charge in [0.2, 0.25) is 0 Å². The van der Waals surface area contributed by atoms with Crippen LogP contribution in [0.2, 0.25) is 0 Å². The van der Waals surface area contributed by atoms with Crippen molar-refractivity contribution in [1.29, 1.82) is 0 Å². The smallest absolute Gasteiger partial charge is 0.168 e. The van der Waals surface area contributed by atoms with Crippen molar-refractivity contribution in [1.82, 2.24) is 5.32 Å². The van der Waals surface area contributed by atoms with Gasteiger partial charge in [0, 0.05) is 11.6 Å². The van der Waals surface area contributed by atoms with E-state index < -0.39 is 0 Å². The van der Waals surface area contributed by atoms with Crippen molar-refractivity contribution in [3.8, 4) is 28.4 Å². The quantitative estimate of drug-likeness (QED) is 0.752. The number of aromatic hydroxyl groups is 2. The molecule has 2 aliphatic rings. The molecule has 1 aliphatic heterocycles. The Labute approximate surface area is 123 Å². The first-order valence-corrected chi connectivity index (χ1v) is 7.17. The van der Waals surface area contributed by atoms with Crippen LogP contribution in [0, 0.1) is 0 Å². The van der Waals surface area contributed by atoms with E-state index in [2.05, 4.69) is 5.32 Å². The van der Waals surface area contributed by atoms with Crippen LogP contribution in [0.4, 0.5) is 0 Å². The number of nitrogens with one attached hydrogen (secondary N) is 1. The summed E-state index contributed by atoms with van der Waals surface area (Å²) in [6, 6.07) is 7.44. The van der Waals surface area contributed by atoms with Crippen molar-refractivity contribution in [3.05, 3.63) is 41.0 Å². The van der Waals surface area contributed by atoms with E-state index >= 15 is 0 Å². The Hall–Kier alpha value is -2.20. The number of fused-ring (bicyclic) bond motifs is 2. The second-order valence-electron chi connectivity index (χ2n) is 5.68. The summed E-state index contributed by atoms with van der Waals surface area (Å²) in [7, 11) is 1.58. The molecule has 1 atom stereocenters. The van der Waals surface area contributed by atoms with E-state index in [1.165, 1.54) is 11.1 Å². The number of hydrogen-bond donors (Lipinski definition) is 3. The molecule has 2 aromatic rings. The molecule has 0 fully saturated rings. The summed E-state index contributed by atoms with van der Waals surface area (Å²) in [6.45, 7) is 0.900. The summed E-state index contributed by atoms with van der Waals surface area (Å²) < 4.78 is 5.46. The molecular weight excluding hydrogens is 266 g/mol. The fraction of sp³-hybridized carbons (Fsp3) is 0.294. The Kier molecular flexibility index (Phi) is 2.62. The average Bonchev–Trinajstić information content (AvgIpc) is 2.47. The molecule has 3 N–H and O–H groups in total. The molecule has 108 valence electrons. The van der Waals surface area contributed by atoms with Crippen molar-refractivity contribution in [3.63, 3.8) is 0 Å². The summed E-state index contributed by atoms with van der Waals surface area (Å²) >= 11 is 0. The molecule has 4 rings (SSSR count). The predicted molar refractivity (Wildman–Crippen MR) is 79.9 cm³/mol. The third-order valence-electron chi connectivity index (χ3n) is 4.51. The monoisotopic (exact) mass is 283 g/mol. The maximum atomic E-state index is 10.3. The van der Waals surface area contributed by atoms with Gasteiger partial charge in [0.05, 0.1) is 7.11 Å². The molecule has 0 unspecified atom stereocenters. The highest BCUT2D eigenvalue weighted by molar-refractivity contribution is 5.83. The van der Waals surface area contributed by atoms with Gasteiger partial charge in [-0.1, -0.05) is 6.07 Å². The highest BCUT2D eigenvalue weighted by atomic mass is 16.5. The number of rotatable bonds is 1. The molecular formula is C17H17NO3. The van der Waals surface area contributed by atoms with Crippen LogP contribution in [0.15, 0.2) is 24.3 Å². The van der Waals surface area contributed by atoms with E-state index in [0.717, 1.165) is 36.1 Å². The largest absolute Gasteiger partial charge is 0.508 e. The number of phenols is 2. The Morgan fingerprint density at radius 1 is 1.19 bits per heavy atom. The van der Waals surface area contributed by atoms with E-state index in [9.17, 15) is 10.2 Å². The number of ether oxygens (including phenoxy) is 1. The zero-order chi connectivity index (χ0) is 14.6. The lowest BCUT2D eigenvalue weighted by Gasteiger charge is -2.35. The van der Waals surface area contributed by atoms with E-state index in [4.69, 9.17) is 4.74 Å². The standard InChI is InChI=1S/C17H17NO3/c1-21-17-14(20)8-9-4-5-18-13-7-10-6-11(19)2-3-12(10)16(17)15(9)13/h2-3,6,8,13,18-20H,4-5,7H2,1H3/t13-/m0/s1. The summed E-state index contributed by atoms with van der Waals surface area (Å²) in [5.41, 5.74) is 5.50. The third kappa shape index (κ3) is 1.72. The molecule has 0 radical (unpaired) electrons. The molecule has 21 heavy (non-hydrogen) atoms. The summed E-state index contributed by atoms with van der Waals surface area (Å²) in [5, 5.41) is 23.5. The second-order valence-corrected chi connectivity index (χ2v) is 5.68. The maximum absolute atomic E-state index is 10.3. The number of benzene rings is 2. The first-order valence-electron chi connectivity index (χ1n) is 7.17. The molecule has 4 nitrogen and oxygen atoms in total. The van der Waals surface area contributed by atoms with Gasteiger partial charge >= 0.3 is 0 Å². The predicted octanol–water partition coefficient (Wildman–Crippen LogP) is 2.52. The van der Waals surface area contributed by atoms with Crippen LogP contribution in [0.5, 0.6) is 17.2 Å². The molecule has 0 amide bonds. The highest BCUT2D eigenvalue weighted by Crippen LogP contribution is 2.50. The lowest BCUT2D eigenvalue weighted by molar-refractivity contribution is 0.371. The van der Waals surface area contributed by atoms with Crippen molar-refractivity contribution < 1.29 is 14.9 Å². The third-order valence-corrected chi connectivity index (χ3v) is 4.51. The SMILES string of the molecule is COc1c(O)cc2c3c1-c1ccc(O)cc1C[C@@H]3NCC2. The maximum Gasteiger partial charge on any atom is 0.168 e. The minimum atomic E-state index is 0.188. The van der Waals surface area contributed by atoms with Gasteiger partial charge in [0.15, 0.2) is 11.5 Å². The zero-order valence-electron chi connectivity index (χ0n) is 11.8. The zero-order valence-corrected chi connectivity index (χ0v) is 11.8. The molecule has 1 heterocycles. The lowest BCUT2D eigenvalue weighted by atomic mass is 9.77. The summed E-state index contributed by atoms with van der Waals surface area (Å²) in [4.78, 5) is 0. The molecule has 4 heteroatoms. The minimum Gasteiger partial charge on any atom is -0.508 e. The molecule has 0 bridgehead atoms. The van der Waals surface area contributed by atoms with Crippen LogP contribution >= 0.6 is 0 Å². The van der Waals surface area contributed by atoms with Gasteiger partial charge in [-0.25, -0.2) is 0 Å². The van der Waals surface area contributed by atoms with Crippen LogP contribution in [0.1, 0.15) is 22.7 Å². The van der Waals surface area contributed by atoms with Gasteiger partial charge in [-0.3, -0.25) is 0 Å². The van der Waals surface area contributed by atoms with E-state index in [0.29, 0.717) is 5.75 Å². The Morgan fingerprint density at radius 3 is 2.86 bits per heavy atom. The Balaban J connectivity index is 2.08. The van der Waals surface area contributed by atoms with Crippen molar-refractivity contribution in [2.45, 2.75) is 18.9 Å². The topological polar surface area (TPSA) is 61.7 Å². The van der Waals surface area contributed by atoms with E-state index in [1.807, 2.05) is 12.1 Å². The number of hydrogen-bond acceptors (Lipinski definition) is 4. The van der Waals surface area contributed by atoms with Crippen LogP contribution in [-0.2, 0) is 12.8 Å².